The molecule has 1 aromatic carbocycles. The Morgan fingerprint density at radius 3 is 2.61 bits per heavy atom. The van der Waals surface area contributed by atoms with E-state index in [-0.39, 0.29) is 18.1 Å². The molecular formula is C21H19FN4O3S2. The number of benzene rings is 1. The van der Waals surface area contributed by atoms with E-state index in [0.717, 1.165) is 10.1 Å². The van der Waals surface area contributed by atoms with Crippen LogP contribution in [0.3, 0.4) is 0 Å². The Morgan fingerprint density at radius 1 is 1.13 bits per heavy atom. The Labute approximate surface area is 184 Å². The van der Waals surface area contributed by atoms with Crippen LogP contribution in [0, 0.1) is 19.7 Å². The van der Waals surface area contributed by atoms with Gasteiger partial charge in [-0.3, -0.25) is 18.7 Å². The quantitative estimate of drug-likeness (QED) is 0.508. The van der Waals surface area contributed by atoms with Gasteiger partial charge in [0.15, 0.2) is 5.13 Å². The molecule has 3 heterocycles. The minimum Gasteiger partial charge on any atom is -0.302 e. The van der Waals surface area contributed by atoms with Crippen molar-refractivity contribution in [1.82, 2.24) is 14.1 Å². The fraction of sp³-hybridized carbons (Fsp3) is 0.238. The fourth-order valence-corrected chi connectivity index (χ4v) is 5.08. The van der Waals surface area contributed by atoms with Gasteiger partial charge in [-0.25, -0.2) is 14.2 Å². The average Bonchev–Trinajstić information content (AvgIpc) is 3.36. The number of thiazole rings is 1. The van der Waals surface area contributed by atoms with Gasteiger partial charge in [-0.1, -0.05) is 6.07 Å². The normalized spacial score (nSPS) is 11.3. The highest BCUT2D eigenvalue weighted by Crippen LogP contribution is 2.30. The predicted molar refractivity (Wildman–Crippen MR) is 122 cm³/mol. The summed E-state index contributed by atoms with van der Waals surface area (Å²) in [6.07, 6.45) is -0.0413. The lowest BCUT2D eigenvalue weighted by Gasteiger charge is -2.06. The zero-order valence-corrected chi connectivity index (χ0v) is 18.9. The first-order valence-corrected chi connectivity index (χ1v) is 11.1. The van der Waals surface area contributed by atoms with Crippen LogP contribution in [-0.4, -0.2) is 20.0 Å². The van der Waals surface area contributed by atoms with Gasteiger partial charge >= 0.3 is 5.69 Å². The minimum atomic E-state index is -0.427. The van der Waals surface area contributed by atoms with Crippen molar-refractivity contribution in [2.45, 2.75) is 20.3 Å². The highest BCUT2D eigenvalue weighted by molar-refractivity contribution is 7.17. The lowest BCUT2D eigenvalue weighted by Crippen LogP contribution is -2.36. The van der Waals surface area contributed by atoms with Crippen molar-refractivity contribution in [3.05, 3.63) is 66.2 Å². The molecule has 0 bridgehead atoms. The highest BCUT2D eigenvalue weighted by Gasteiger charge is 2.18. The van der Waals surface area contributed by atoms with Gasteiger partial charge in [0.1, 0.15) is 10.6 Å². The van der Waals surface area contributed by atoms with Crippen molar-refractivity contribution in [2.24, 2.45) is 14.1 Å². The molecule has 0 atom stereocenters. The van der Waals surface area contributed by atoms with Gasteiger partial charge in [0.25, 0.3) is 5.56 Å². The Balaban J connectivity index is 1.58. The molecule has 0 fully saturated rings. The molecule has 0 aliphatic rings. The molecule has 31 heavy (non-hydrogen) atoms. The Morgan fingerprint density at radius 2 is 1.87 bits per heavy atom. The largest absolute Gasteiger partial charge is 0.331 e. The molecule has 10 heteroatoms. The van der Waals surface area contributed by atoms with E-state index in [1.54, 1.807) is 30.8 Å². The van der Waals surface area contributed by atoms with E-state index >= 15 is 0 Å². The molecule has 3 aromatic heterocycles. The smallest absolute Gasteiger partial charge is 0.302 e. The number of aromatic nitrogens is 3. The van der Waals surface area contributed by atoms with Crippen molar-refractivity contribution < 1.29 is 9.18 Å². The van der Waals surface area contributed by atoms with E-state index in [1.165, 1.54) is 34.3 Å². The predicted octanol–water partition coefficient (Wildman–Crippen LogP) is 3.36. The van der Waals surface area contributed by atoms with Crippen LogP contribution >= 0.6 is 22.7 Å². The zero-order chi connectivity index (χ0) is 22.4. The third-order valence-corrected chi connectivity index (χ3v) is 7.14. The summed E-state index contributed by atoms with van der Waals surface area (Å²) >= 11 is 2.45. The molecular weight excluding hydrogens is 439 g/mol. The molecule has 0 aliphatic heterocycles. The van der Waals surface area contributed by atoms with Crippen molar-refractivity contribution in [3.63, 3.8) is 0 Å². The number of hydrogen-bond acceptors (Lipinski definition) is 6. The SMILES string of the molecule is Cc1ccc(-c2csc(NC(=O)Cc3csc4c3c(=O)n(C)c(=O)n4C)n2)c(F)c1C. The van der Waals surface area contributed by atoms with Gasteiger partial charge < -0.3 is 5.32 Å². The van der Waals surface area contributed by atoms with Crippen LogP contribution in [0.4, 0.5) is 9.52 Å². The van der Waals surface area contributed by atoms with Gasteiger partial charge in [0.05, 0.1) is 17.5 Å². The van der Waals surface area contributed by atoms with Crippen LogP contribution in [0.25, 0.3) is 21.5 Å². The number of carbonyl (C=O) groups is 1. The van der Waals surface area contributed by atoms with Gasteiger partial charge in [0.2, 0.25) is 5.91 Å². The van der Waals surface area contributed by atoms with Crippen molar-refractivity contribution >= 4 is 43.9 Å². The average molecular weight is 459 g/mol. The molecule has 0 unspecified atom stereocenters. The van der Waals surface area contributed by atoms with Crippen LogP contribution < -0.4 is 16.6 Å². The molecule has 160 valence electrons. The first-order valence-electron chi connectivity index (χ1n) is 9.36. The summed E-state index contributed by atoms with van der Waals surface area (Å²) in [5, 5.41) is 6.82. The van der Waals surface area contributed by atoms with Crippen LogP contribution in [0.5, 0.6) is 0 Å². The Kier molecular flexibility index (Phi) is 5.36. The number of aryl methyl sites for hydroxylation is 2. The van der Waals surface area contributed by atoms with Gasteiger partial charge in [-0.05, 0) is 42.0 Å². The molecule has 4 rings (SSSR count). The van der Waals surface area contributed by atoms with Gasteiger partial charge in [0, 0.05) is 25.0 Å². The standard InChI is InChI=1S/C21H19FN4O3S2/c1-10-5-6-13(17(22)11(10)2)14-9-31-20(23-14)24-15(27)7-12-8-30-19-16(12)18(28)25(3)21(29)26(19)4/h5-6,8-9H,7H2,1-4H3,(H,23,24,27). The van der Waals surface area contributed by atoms with Crippen molar-refractivity contribution in [2.75, 3.05) is 5.32 Å². The number of amides is 1. The molecule has 0 spiro atoms. The van der Waals surface area contributed by atoms with Crippen LogP contribution in [-0.2, 0) is 25.3 Å². The summed E-state index contributed by atoms with van der Waals surface area (Å²) in [7, 11) is 3.00. The fourth-order valence-electron chi connectivity index (χ4n) is 3.32. The van der Waals surface area contributed by atoms with E-state index in [9.17, 15) is 18.8 Å². The molecule has 0 radical (unpaired) electrons. The third-order valence-electron chi connectivity index (χ3n) is 5.28. The van der Waals surface area contributed by atoms with Crippen molar-refractivity contribution in [1.29, 1.82) is 0 Å². The number of nitrogens with zero attached hydrogens (tertiary/aromatic N) is 3. The monoisotopic (exact) mass is 458 g/mol. The lowest BCUT2D eigenvalue weighted by atomic mass is 10.0. The second-order valence-electron chi connectivity index (χ2n) is 7.28. The van der Waals surface area contributed by atoms with Crippen LogP contribution in [0.15, 0.2) is 32.5 Å². The topological polar surface area (TPSA) is 86.0 Å². The maximum atomic E-state index is 14.6. The lowest BCUT2D eigenvalue weighted by molar-refractivity contribution is -0.115. The van der Waals surface area contributed by atoms with E-state index in [1.807, 2.05) is 13.0 Å². The second kappa shape index (κ2) is 7.86. The summed E-state index contributed by atoms with van der Waals surface area (Å²) < 4.78 is 17.0. The summed E-state index contributed by atoms with van der Waals surface area (Å²) in [4.78, 5) is 42.1. The van der Waals surface area contributed by atoms with E-state index in [2.05, 4.69) is 10.3 Å². The number of nitrogens with one attached hydrogen (secondary N) is 1. The second-order valence-corrected chi connectivity index (χ2v) is 8.99. The maximum Gasteiger partial charge on any atom is 0.331 e. The summed E-state index contributed by atoms with van der Waals surface area (Å²) in [5.41, 5.74) is 1.96. The first-order chi connectivity index (χ1) is 14.7. The summed E-state index contributed by atoms with van der Waals surface area (Å²) in [5.74, 6) is -0.675. The third kappa shape index (κ3) is 3.61. The number of rotatable bonds is 4. The highest BCUT2D eigenvalue weighted by atomic mass is 32.1. The summed E-state index contributed by atoms with van der Waals surface area (Å²) in [6, 6.07) is 3.51. The molecule has 7 nitrogen and oxygen atoms in total. The Bertz CT molecular complexity index is 1460. The molecule has 0 saturated carbocycles. The first kappa shape index (κ1) is 21.1. The van der Waals surface area contributed by atoms with Gasteiger partial charge in [-0.15, -0.1) is 22.7 Å². The maximum absolute atomic E-state index is 14.6. The Hall–Kier alpha value is -3.11. The number of hydrogen-bond donors (Lipinski definition) is 1. The van der Waals surface area contributed by atoms with E-state index in [4.69, 9.17) is 0 Å². The number of fused-ring (bicyclic) bond motifs is 1. The summed E-state index contributed by atoms with van der Waals surface area (Å²) in [6.45, 7) is 3.56. The number of thiophene rings is 1. The molecule has 1 N–H and O–H groups in total. The number of carbonyl (C=O) groups excluding carboxylic acids is 1. The minimum absolute atomic E-state index is 0.0413. The van der Waals surface area contributed by atoms with Crippen molar-refractivity contribution in [3.8, 4) is 11.3 Å². The van der Waals surface area contributed by atoms with E-state index in [0.29, 0.717) is 37.7 Å². The van der Waals surface area contributed by atoms with Crippen LogP contribution in [0.2, 0.25) is 0 Å². The molecule has 1 amide bonds. The van der Waals surface area contributed by atoms with Crippen LogP contribution in [0.1, 0.15) is 16.7 Å². The molecule has 0 aliphatic carbocycles. The van der Waals surface area contributed by atoms with Gasteiger partial charge in [-0.2, -0.15) is 0 Å². The molecule has 0 saturated heterocycles. The molecule has 4 aromatic rings. The van der Waals surface area contributed by atoms with E-state index < -0.39 is 11.2 Å². The number of anilines is 1. The number of halogens is 1. The zero-order valence-electron chi connectivity index (χ0n) is 17.3.